The van der Waals surface area contributed by atoms with Crippen LogP contribution in [0.3, 0.4) is 0 Å². The molecule has 0 aromatic rings. The molecular weight excluding hydrogens is 256 g/mol. The van der Waals surface area contributed by atoms with Crippen LogP contribution in [0.4, 0.5) is 9.59 Å². The zero-order chi connectivity index (χ0) is 13.7. The van der Waals surface area contributed by atoms with Gasteiger partial charge in [0.1, 0.15) is 12.3 Å². The Bertz CT molecular complexity index is 369. The first-order chi connectivity index (χ1) is 9.79. The standard InChI is InChI=1S/C14H22N4O2/c19-13-15-7-3-1-4-8-16(13)12-11(15)17-9-5-2-6-10-18(12)14(17)20/h11-12H,1-10H2. The molecule has 0 radical (unpaired) electrons. The van der Waals surface area contributed by atoms with Gasteiger partial charge in [0.05, 0.1) is 0 Å². The Morgan fingerprint density at radius 2 is 0.850 bits per heavy atom. The smallest absolute Gasteiger partial charge is 0.300 e. The number of urea groups is 2. The minimum absolute atomic E-state index is 0.0359. The minimum atomic E-state index is -0.0359. The van der Waals surface area contributed by atoms with E-state index in [1.165, 1.54) is 12.8 Å². The summed E-state index contributed by atoms with van der Waals surface area (Å²) >= 11 is 0. The van der Waals surface area contributed by atoms with Crippen molar-refractivity contribution in [3.8, 4) is 0 Å². The second-order valence-electron chi connectivity index (χ2n) is 6.29. The quantitative estimate of drug-likeness (QED) is 0.674. The second kappa shape index (κ2) is 4.53. The molecule has 0 aromatic heterocycles. The molecule has 0 unspecified atom stereocenters. The lowest BCUT2D eigenvalue weighted by Crippen LogP contribution is -2.48. The molecule has 4 amide bonds. The number of hydrogen-bond donors (Lipinski definition) is 0. The van der Waals surface area contributed by atoms with Crippen molar-refractivity contribution < 1.29 is 9.59 Å². The summed E-state index contributed by atoms with van der Waals surface area (Å²) in [5, 5.41) is 0. The van der Waals surface area contributed by atoms with Crippen LogP contribution in [0.15, 0.2) is 0 Å². The van der Waals surface area contributed by atoms with E-state index in [1.807, 2.05) is 19.6 Å². The first-order valence-electron chi connectivity index (χ1n) is 7.93. The molecule has 0 N–H and O–H groups in total. The van der Waals surface area contributed by atoms with Crippen LogP contribution in [0.1, 0.15) is 38.5 Å². The average molecular weight is 278 g/mol. The lowest BCUT2D eigenvalue weighted by Gasteiger charge is -2.32. The highest BCUT2D eigenvalue weighted by atomic mass is 16.2. The van der Waals surface area contributed by atoms with E-state index in [2.05, 4.69) is 0 Å². The minimum Gasteiger partial charge on any atom is -0.300 e. The molecule has 0 aromatic carbocycles. The Morgan fingerprint density at radius 1 is 0.550 bits per heavy atom. The third kappa shape index (κ3) is 1.56. The molecule has 4 heterocycles. The molecular formula is C14H22N4O2. The van der Waals surface area contributed by atoms with Gasteiger partial charge < -0.3 is 19.6 Å². The summed E-state index contributed by atoms with van der Waals surface area (Å²) in [5.41, 5.74) is 0. The third-order valence-corrected chi connectivity index (χ3v) is 5.12. The highest BCUT2D eigenvalue weighted by Crippen LogP contribution is 2.37. The van der Waals surface area contributed by atoms with E-state index in [0.29, 0.717) is 0 Å². The van der Waals surface area contributed by atoms with Crippen molar-refractivity contribution in [2.75, 3.05) is 26.2 Å². The Labute approximate surface area is 119 Å². The largest absolute Gasteiger partial charge is 0.323 e. The Balaban J connectivity index is 1.74. The van der Waals surface area contributed by atoms with E-state index in [1.54, 1.807) is 0 Å². The summed E-state index contributed by atoms with van der Waals surface area (Å²) in [4.78, 5) is 33.0. The summed E-state index contributed by atoms with van der Waals surface area (Å²) in [7, 11) is 0. The average Bonchev–Trinajstić information content (AvgIpc) is 2.87. The molecule has 4 aliphatic heterocycles. The third-order valence-electron chi connectivity index (χ3n) is 5.12. The molecule has 0 spiro atoms. The van der Waals surface area contributed by atoms with Gasteiger partial charge in [-0.25, -0.2) is 9.59 Å². The molecule has 0 atom stereocenters. The van der Waals surface area contributed by atoms with Gasteiger partial charge in [0.25, 0.3) is 0 Å². The van der Waals surface area contributed by atoms with Gasteiger partial charge in [-0.3, -0.25) is 0 Å². The number of nitrogens with zero attached hydrogens (tertiary/aromatic N) is 4. The van der Waals surface area contributed by atoms with Gasteiger partial charge >= 0.3 is 12.1 Å². The monoisotopic (exact) mass is 278 g/mol. The van der Waals surface area contributed by atoms with Gasteiger partial charge in [-0.2, -0.15) is 0 Å². The van der Waals surface area contributed by atoms with E-state index >= 15 is 0 Å². The number of fused-ring (bicyclic) bond motifs is 9. The number of carbonyl (C=O) groups is 2. The van der Waals surface area contributed by atoms with Gasteiger partial charge in [-0.05, 0) is 38.5 Å². The van der Waals surface area contributed by atoms with Gasteiger partial charge in [-0.1, -0.05) is 0 Å². The topological polar surface area (TPSA) is 47.1 Å². The van der Waals surface area contributed by atoms with Crippen molar-refractivity contribution in [3.05, 3.63) is 0 Å². The van der Waals surface area contributed by atoms with Crippen molar-refractivity contribution in [3.63, 3.8) is 0 Å². The van der Waals surface area contributed by atoms with Crippen LogP contribution in [0, 0.1) is 0 Å². The SMILES string of the molecule is O=C1N2CCCCCN1C1C2N2CCCCCN1C2=O. The lowest BCUT2D eigenvalue weighted by atomic mass is 10.2. The van der Waals surface area contributed by atoms with E-state index in [-0.39, 0.29) is 24.4 Å². The normalized spacial score (nSPS) is 33.8. The molecule has 4 aliphatic rings. The summed E-state index contributed by atoms with van der Waals surface area (Å²) in [6, 6.07) is 0.283. The van der Waals surface area contributed by atoms with Crippen LogP contribution >= 0.6 is 0 Å². The zero-order valence-electron chi connectivity index (χ0n) is 11.8. The predicted octanol–water partition coefficient (Wildman–Crippen LogP) is 1.48. The molecule has 4 saturated heterocycles. The molecule has 4 fully saturated rings. The second-order valence-corrected chi connectivity index (χ2v) is 6.29. The fraction of sp³-hybridized carbons (Fsp3) is 0.857. The molecule has 6 heteroatoms. The van der Waals surface area contributed by atoms with Gasteiger partial charge in [0.2, 0.25) is 0 Å². The number of amides is 4. The maximum Gasteiger partial charge on any atom is 0.323 e. The summed E-state index contributed by atoms with van der Waals surface area (Å²) in [6.07, 6.45) is 6.52. The number of carbonyl (C=O) groups excluding carboxylic acids is 2. The van der Waals surface area contributed by atoms with Crippen molar-refractivity contribution >= 4 is 12.1 Å². The highest BCUT2D eigenvalue weighted by Gasteiger charge is 2.58. The maximum atomic E-state index is 12.6. The lowest BCUT2D eigenvalue weighted by molar-refractivity contribution is 0.122. The molecule has 0 aliphatic carbocycles. The fourth-order valence-electron chi connectivity index (χ4n) is 4.16. The number of rotatable bonds is 0. The van der Waals surface area contributed by atoms with Crippen LogP contribution in [-0.4, -0.2) is 70.2 Å². The van der Waals surface area contributed by atoms with E-state index in [0.717, 1.165) is 51.9 Å². The first-order valence-corrected chi connectivity index (χ1v) is 7.93. The maximum absolute atomic E-state index is 12.6. The molecule has 0 saturated carbocycles. The molecule has 4 bridgehead atoms. The summed E-state index contributed by atoms with van der Waals surface area (Å²) < 4.78 is 0. The first kappa shape index (κ1) is 12.3. The molecule has 110 valence electrons. The van der Waals surface area contributed by atoms with Gasteiger partial charge in [0, 0.05) is 26.2 Å². The van der Waals surface area contributed by atoms with E-state index in [4.69, 9.17) is 0 Å². The van der Waals surface area contributed by atoms with Gasteiger partial charge in [0.15, 0.2) is 0 Å². The zero-order valence-corrected chi connectivity index (χ0v) is 11.8. The van der Waals surface area contributed by atoms with Crippen LogP contribution < -0.4 is 0 Å². The summed E-state index contributed by atoms with van der Waals surface area (Å²) in [6.45, 7) is 3.20. The Hall–Kier alpha value is -1.46. The predicted molar refractivity (Wildman–Crippen MR) is 72.9 cm³/mol. The number of hydrogen-bond acceptors (Lipinski definition) is 2. The van der Waals surface area contributed by atoms with Crippen molar-refractivity contribution in [1.29, 1.82) is 0 Å². The van der Waals surface area contributed by atoms with Crippen molar-refractivity contribution in [2.45, 2.75) is 50.9 Å². The molecule has 4 rings (SSSR count). The van der Waals surface area contributed by atoms with Crippen LogP contribution in [0.2, 0.25) is 0 Å². The van der Waals surface area contributed by atoms with Crippen molar-refractivity contribution in [1.82, 2.24) is 19.6 Å². The molecule has 20 heavy (non-hydrogen) atoms. The fourth-order valence-corrected chi connectivity index (χ4v) is 4.16. The highest BCUT2D eigenvalue weighted by molar-refractivity contribution is 5.85. The van der Waals surface area contributed by atoms with Crippen LogP contribution in [0.5, 0.6) is 0 Å². The summed E-state index contributed by atoms with van der Waals surface area (Å²) in [5.74, 6) is 0. The Kier molecular flexibility index (Phi) is 2.79. The van der Waals surface area contributed by atoms with Crippen LogP contribution in [0.25, 0.3) is 0 Å². The van der Waals surface area contributed by atoms with Crippen molar-refractivity contribution in [2.24, 2.45) is 0 Å². The van der Waals surface area contributed by atoms with Gasteiger partial charge in [-0.15, -0.1) is 0 Å². The van der Waals surface area contributed by atoms with E-state index in [9.17, 15) is 9.59 Å². The molecule has 6 nitrogen and oxygen atoms in total. The van der Waals surface area contributed by atoms with Crippen LogP contribution in [-0.2, 0) is 0 Å². The Morgan fingerprint density at radius 3 is 1.15 bits per heavy atom. The van der Waals surface area contributed by atoms with E-state index < -0.39 is 0 Å².